The Balaban J connectivity index is 1.51. The summed E-state index contributed by atoms with van der Waals surface area (Å²) in [6.07, 6.45) is 1.52. The number of hydrogen-bond acceptors (Lipinski definition) is 4. The number of hydrogen-bond donors (Lipinski definition) is 0. The molecule has 0 aliphatic carbocycles. The van der Waals surface area contributed by atoms with Crippen LogP contribution in [0.2, 0.25) is 0 Å². The standard InChI is InChI=1S/C25H33N3O3S/c1-19-17-22(10-11-24(19)27-15-13-26(14-16-27)21(3)29)18-28-20(2)9-12-25(32(28,30)31)23-7-5-4-6-8-23/h4-8,10-11,17,20,25H,9,12-16,18H2,1-3H3. The number of amides is 1. The summed E-state index contributed by atoms with van der Waals surface area (Å²) in [6.45, 7) is 9.21. The topological polar surface area (TPSA) is 60.9 Å². The Kier molecular flexibility index (Phi) is 6.58. The Morgan fingerprint density at radius 3 is 2.31 bits per heavy atom. The first-order chi connectivity index (χ1) is 15.3. The largest absolute Gasteiger partial charge is 0.368 e. The van der Waals surface area contributed by atoms with Gasteiger partial charge in [-0.15, -0.1) is 0 Å². The summed E-state index contributed by atoms with van der Waals surface area (Å²) in [5.41, 5.74) is 4.19. The van der Waals surface area contributed by atoms with E-state index in [1.54, 1.807) is 11.2 Å². The maximum atomic E-state index is 13.5. The van der Waals surface area contributed by atoms with E-state index in [-0.39, 0.29) is 11.9 Å². The molecular weight excluding hydrogens is 422 g/mol. The van der Waals surface area contributed by atoms with Gasteiger partial charge in [-0.3, -0.25) is 4.79 Å². The maximum Gasteiger partial charge on any atom is 0.221 e. The van der Waals surface area contributed by atoms with Gasteiger partial charge in [-0.05, 0) is 49.4 Å². The second-order valence-electron chi connectivity index (χ2n) is 9.03. The number of nitrogens with zero attached hydrogens (tertiary/aromatic N) is 3. The molecule has 7 heteroatoms. The highest BCUT2D eigenvalue weighted by Crippen LogP contribution is 2.38. The quantitative estimate of drug-likeness (QED) is 0.705. The van der Waals surface area contributed by atoms with Crippen LogP contribution in [0.1, 0.15) is 48.6 Å². The average molecular weight is 456 g/mol. The van der Waals surface area contributed by atoms with Crippen molar-refractivity contribution in [1.82, 2.24) is 9.21 Å². The van der Waals surface area contributed by atoms with Crippen LogP contribution in [0.3, 0.4) is 0 Å². The van der Waals surface area contributed by atoms with Crippen molar-refractivity contribution in [1.29, 1.82) is 0 Å². The van der Waals surface area contributed by atoms with E-state index in [0.717, 1.165) is 55.0 Å². The van der Waals surface area contributed by atoms with Crippen LogP contribution >= 0.6 is 0 Å². The number of anilines is 1. The van der Waals surface area contributed by atoms with Gasteiger partial charge in [0.05, 0.1) is 0 Å². The van der Waals surface area contributed by atoms with Gasteiger partial charge in [0.25, 0.3) is 0 Å². The lowest BCUT2D eigenvalue weighted by Gasteiger charge is -2.38. The van der Waals surface area contributed by atoms with Gasteiger partial charge in [0.15, 0.2) is 0 Å². The molecule has 2 heterocycles. The minimum absolute atomic E-state index is 0.0143. The van der Waals surface area contributed by atoms with Crippen LogP contribution < -0.4 is 4.90 Å². The van der Waals surface area contributed by atoms with Crippen molar-refractivity contribution in [2.45, 2.75) is 51.4 Å². The molecular formula is C25H33N3O3S. The van der Waals surface area contributed by atoms with E-state index in [0.29, 0.717) is 13.0 Å². The number of rotatable bonds is 4. The van der Waals surface area contributed by atoms with Gasteiger partial charge < -0.3 is 9.80 Å². The molecule has 2 atom stereocenters. The molecule has 4 rings (SSSR count). The van der Waals surface area contributed by atoms with E-state index < -0.39 is 15.3 Å². The van der Waals surface area contributed by atoms with Crippen LogP contribution in [0.5, 0.6) is 0 Å². The van der Waals surface area contributed by atoms with E-state index >= 15 is 0 Å². The van der Waals surface area contributed by atoms with Crippen molar-refractivity contribution < 1.29 is 13.2 Å². The molecule has 2 aromatic carbocycles. The number of carbonyl (C=O) groups excluding carboxylic acids is 1. The number of piperazine rings is 1. The van der Waals surface area contributed by atoms with Gasteiger partial charge in [0.2, 0.25) is 15.9 Å². The summed E-state index contributed by atoms with van der Waals surface area (Å²) >= 11 is 0. The summed E-state index contributed by atoms with van der Waals surface area (Å²) in [4.78, 5) is 15.8. The SMILES string of the molecule is CC(=O)N1CCN(c2ccc(CN3C(C)CCC(c4ccccc4)S3(=O)=O)cc2C)CC1. The number of sulfonamides is 1. The molecule has 2 fully saturated rings. The first-order valence-electron chi connectivity index (χ1n) is 11.4. The van der Waals surface area contributed by atoms with E-state index in [1.807, 2.05) is 48.2 Å². The minimum atomic E-state index is -3.44. The third-order valence-electron chi connectivity index (χ3n) is 6.86. The Hall–Kier alpha value is -2.38. The van der Waals surface area contributed by atoms with E-state index in [2.05, 4.69) is 24.0 Å². The van der Waals surface area contributed by atoms with Crippen molar-refractivity contribution >= 4 is 21.6 Å². The molecule has 6 nitrogen and oxygen atoms in total. The normalized spacial score (nSPS) is 23.8. The second-order valence-corrected chi connectivity index (χ2v) is 11.1. The number of benzene rings is 2. The lowest BCUT2D eigenvalue weighted by molar-refractivity contribution is -0.129. The molecule has 2 aromatic rings. The Morgan fingerprint density at radius 1 is 1.00 bits per heavy atom. The summed E-state index contributed by atoms with van der Waals surface area (Å²) in [5.74, 6) is 0.127. The van der Waals surface area contributed by atoms with Crippen LogP contribution in [0.15, 0.2) is 48.5 Å². The zero-order valence-corrected chi connectivity index (χ0v) is 20.0. The van der Waals surface area contributed by atoms with Crippen LogP contribution in [-0.4, -0.2) is 55.8 Å². The lowest BCUT2D eigenvalue weighted by atomic mass is 10.0. The zero-order chi connectivity index (χ0) is 22.9. The van der Waals surface area contributed by atoms with Crippen LogP contribution in [0, 0.1) is 6.92 Å². The van der Waals surface area contributed by atoms with Gasteiger partial charge in [-0.1, -0.05) is 42.5 Å². The molecule has 0 saturated carbocycles. The first-order valence-corrected chi connectivity index (χ1v) is 12.9. The molecule has 32 heavy (non-hydrogen) atoms. The van der Waals surface area contributed by atoms with Gasteiger partial charge in [0.1, 0.15) is 5.25 Å². The van der Waals surface area contributed by atoms with Gasteiger partial charge in [-0.25, -0.2) is 8.42 Å². The Labute approximate surface area is 191 Å². The molecule has 172 valence electrons. The molecule has 2 aliphatic heterocycles. The third-order valence-corrected chi connectivity index (χ3v) is 9.23. The molecule has 0 bridgehead atoms. The van der Waals surface area contributed by atoms with Gasteiger partial charge >= 0.3 is 0 Å². The summed E-state index contributed by atoms with van der Waals surface area (Å²) < 4.78 is 28.7. The van der Waals surface area contributed by atoms with Crippen molar-refractivity contribution in [3.8, 4) is 0 Å². The van der Waals surface area contributed by atoms with E-state index in [9.17, 15) is 13.2 Å². The van der Waals surface area contributed by atoms with Crippen molar-refractivity contribution in [2.75, 3.05) is 31.1 Å². The molecule has 1 amide bonds. The minimum Gasteiger partial charge on any atom is -0.368 e. The molecule has 2 saturated heterocycles. The number of carbonyl (C=O) groups is 1. The predicted octanol–water partition coefficient (Wildman–Crippen LogP) is 3.72. The van der Waals surface area contributed by atoms with Crippen LogP contribution in [0.4, 0.5) is 5.69 Å². The lowest BCUT2D eigenvalue weighted by Crippen LogP contribution is -2.48. The van der Waals surface area contributed by atoms with Crippen molar-refractivity contribution in [2.24, 2.45) is 0 Å². The van der Waals surface area contributed by atoms with Gasteiger partial charge in [0, 0.05) is 51.4 Å². The van der Waals surface area contributed by atoms with E-state index in [4.69, 9.17) is 0 Å². The molecule has 2 unspecified atom stereocenters. The van der Waals surface area contributed by atoms with Crippen molar-refractivity contribution in [3.63, 3.8) is 0 Å². The monoisotopic (exact) mass is 455 g/mol. The fraction of sp³-hybridized carbons (Fsp3) is 0.480. The smallest absolute Gasteiger partial charge is 0.221 e. The molecule has 0 radical (unpaired) electrons. The third kappa shape index (κ3) is 4.55. The molecule has 0 spiro atoms. The first kappa shape index (κ1) is 22.8. The molecule has 2 aliphatic rings. The zero-order valence-electron chi connectivity index (χ0n) is 19.2. The van der Waals surface area contributed by atoms with E-state index in [1.165, 1.54) is 0 Å². The second kappa shape index (κ2) is 9.24. The molecule has 0 aromatic heterocycles. The van der Waals surface area contributed by atoms with Gasteiger partial charge in [-0.2, -0.15) is 4.31 Å². The number of aryl methyl sites for hydroxylation is 1. The average Bonchev–Trinajstić information content (AvgIpc) is 2.77. The summed E-state index contributed by atoms with van der Waals surface area (Å²) in [7, 11) is -3.44. The summed E-state index contributed by atoms with van der Waals surface area (Å²) in [5, 5.41) is -0.474. The fourth-order valence-corrected chi connectivity index (χ4v) is 7.16. The highest BCUT2D eigenvalue weighted by atomic mass is 32.2. The fourth-order valence-electron chi connectivity index (χ4n) is 4.96. The predicted molar refractivity (Wildman–Crippen MR) is 128 cm³/mol. The van der Waals surface area contributed by atoms with Crippen molar-refractivity contribution in [3.05, 3.63) is 65.2 Å². The Bertz CT molecular complexity index is 1060. The highest BCUT2D eigenvalue weighted by Gasteiger charge is 2.40. The van der Waals surface area contributed by atoms with Crippen LogP contribution in [-0.2, 0) is 21.4 Å². The summed E-state index contributed by atoms with van der Waals surface area (Å²) in [6, 6.07) is 15.8. The molecule has 0 N–H and O–H groups in total. The Morgan fingerprint density at radius 2 is 1.69 bits per heavy atom. The van der Waals surface area contributed by atoms with Crippen LogP contribution in [0.25, 0.3) is 0 Å². The highest BCUT2D eigenvalue weighted by molar-refractivity contribution is 7.89. The maximum absolute atomic E-state index is 13.5.